The molecule has 12 nitrogen and oxygen atoms in total. The molecule has 138 valence electrons. The van der Waals surface area contributed by atoms with Crippen LogP contribution in [0.25, 0.3) is 0 Å². The van der Waals surface area contributed by atoms with Crippen molar-refractivity contribution < 1.29 is 73.3 Å². The van der Waals surface area contributed by atoms with Crippen molar-refractivity contribution >= 4 is 29.7 Å². The zero-order valence-electron chi connectivity index (χ0n) is 13.9. The second kappa shape index (κ2) is 8.77. The topological polar surface area (TPSA) is 188 Å². The standard InChI is InChI=1S/C13H17N3O9.Na/c14-6(11(20)21)1-2-8(17)15-7-5-24-16(10(7)19)13(12(22)23)4-3-9(18)25-13;/h6-7H,1-5,14H2,(H,15,17)(H,20,21)(H,22,23);/q;+1/p-1/t6-,7+,13?;/m1./s1. The van der Waals surface area contributed by atoms with Gasteiger partial charge in [-0.15, -0.1) is 0 Å². The molecule has 1 unspecified atom stereocenters. The average Bonchev–Trinajstić information content (AvgIpc) is 3.09. The van der Waals surface area contributed by atoms with Crippen molar-refractivity contribution in [1.29, 1.82) is 0 Å². The van der Waals surface area contributed by atoms with E-state index in [1.165, 1.54) is 0 Å². The number of nitrogens with two attached hydrogens (primary N) is 1. The molecule has 26 heavy (non-hydrogen) atoms. The molecule has 2 heterocycles. The summed E-state index contributed by atoms with van der Waals surface area (Å²) in [6.45, 7) is -0.373. The van der Waals surface area contributed by atoms with Gasteiger partial charge in [-0.05, 0) is 6.42 Å². The molecule has 2 amide bonds. The summed E-state index contributed by atoms with van der Waals surface area (Å²) in [7, 11) is 0. The summed E-state index contributed by atoms with van der Waals surface area (Å²) in [4.78, 5) is 62.2. The largest absolute Gasteiger partial charge is 1.00 e. The van der Waals surface area contributed by atoms with Gasteiger partial charge in [0, 0.05) is 12.8 Å². The van der Waals surface area contributed by atoms with Crippen LogP contribution in [0.2, 0.25) is 0 Å². The first-order valence-corrected chi connectivity index (χ1v) is 7.35. The Morgan fingerprint density at radius 3 is 2.58 bits per heavy atom. The Hall–Kier alpha value is -1.73. The Kier molecular flexibility index (Phi) is 7.53. The van der Waals surface area contributed by atoms with Gasteiger partial charge in [0.1, 0.15) is 24.7 Å². The van der Waals surface area contributed by atoms with Crippen LogP contribution in [0, 0.1) is 0 Å². The number of carbonyl (C=O) groups is 5. The van der Waals surface area contributed by atoms with Crippen molar-refractivity contribution in [3.8, 4) is 0 Å². The van der Waals surface area contributed by atoms with Crippen LogP contribution < -0.4 is 45.7 Å². The van der Waals surface area contributed by atoms with Crippen molar-refractivity contribution in [3.05, 3.63) is 0 Å². The van der Waals surface area contributed by atoms with Gasteiger partial charge < -0.3 is 30.8 Å². The maximum Gasteiger partial charge on any atom is 1.00 e. The van der Waals surface area contributed by atoms with Crippen LogP contribution in [0.5, 0.6) is 0 Å². The molecule has 13 heteroatoms. The quantitative estimate of drug-likeness (QED) is 0.282. The molecular weight excluding hydrogens is 365 g/mol. The van der Waals surface area contributed by atoms with Gasteiger partial charge in [0.15, 0.2) is 0 Å². The number of carboxylic acid groups (broad SMARTS) is 2. The molecule has 2 aliphatic rings. The normalized spacial score (nSPS) is 26.0. The van der Waals surface area contributed by atoms with Crippen molar-refractivity contribution in [1.82, 2.24) is 10.4 Å². The van der Waals surface area contributed by atoms with Crippen molar-refractivity contribution in [2.24, 2.45) is 5.73 Å². The Bertz CT molecular complexity index is 628. The maximum atomic E-state index is 12.3. The van der Waals surface area contributed by atoms with Crippen LogP contribution in [-0.4, -0.2) is 64.3 Å². The first-order valence-electron chi connectivity index (χ1n) is 7.35. The molecule has 0 aliphatic carbocycles. The van der Waals surface area contributed by atoms with Gasteiger partial charge in [-0.3, -0.25) is 24.0 Å². The number of nitrogens with one attached hydrogen (secondary N) is 1. The average molecular weight is 381 g/mol. The van der Waals surface area contributed by atoms with E-state index in [-0.39, 0.29) is 61.8 Å². The minimum Gasteiger partial charge on any atom is -0.544 e. The van der Waals surface area contributed by atoms with Crippen molar-refractivity contribution in [2.45, 2.75) is 43.5 Å². The summed E-state index contributed by atoms with van der Waals surface area (Å²) in [5, 5.41) is 22.7. The minimum atomic E-state index is -2.36. The fourth-order valence-corrected chi connectivity index (χ4v) is 2.42. The van der Waals surface area contributed by atoms with Gasteiger partial charge in [0.05, 0.1) is 6.42 Å². The minimum absolute atomic E-state index is 0. The molecule has 0 aromatic rings. The number of carboxylic acids is 2. The van der Waals surface area contributed by atoms with E-state index in [2.05, 4.69) is 5.32 Å². The first kappa shape index (κ1) is 22.3. The van der Waals surface area contributed by atoms with E-state index in [0.717, 1.165) is 0 Å². The summed E-state index contributed by atoms with van der Waals surface area (Å²) in [6, 6.07) is -2.43. The Morgan fingerprint density at radius 1 is 1.42 bits per heavy atom. The van der Waals surface area contributed by atoms with Crippen LogP contribution in [0.1, 0.15) is 25.7 Å². The Labute approximate surface area is 169 Å². The summed E-state index contributed by atoms with van der Waals surface area (Å²) >= 11 is 0. The fourth-order valence-electron chi connectivity index (χ4n) is 2.42. The third kappa shape index (κ3) is 4.51. The van der Waals surface area contributed by atoms with Crippen molar-refractivity contribution in [2.75, 3.05) is 6.61 Å². The van der Waals surface area contributed by atoms with Crippen LogP contribution >= 0.6 is 0 Å². The molecule has 0 saturated carbocycles. The molecule has 2 rings (SSSR count). The number of hydrogen-bond acceptors (Lipinski definition) is 9. The number of esters is 1. The molecule has 3 atom stereocenters. The fraction of sp³-hybridized carbons (Fsp3) is 0.615. The number of hydrogen-bond donors (Lipinski definition) is 3. The first-order chi connectivity index (χ1) is 11.7. The predicted molar refractivity (Wildman–Crippen MR) is 72.6 cm³/mol. The summed E-state index contributed by atoms with van der Waals surface area (Å²) in [6.07, 6.45) is -0.968. The number of ether oxygens (including phenoxy) is 1. The molecule has 2 fully saturated rings. The van der Waals surface area contributed by atoms with E-state index in [9.17, 15) is 29.1 Å². The zero-order valence-corrected chi connectivity index (χ0v) is 15.9. The summed E-state index contributed by atoms with van der Waals surface area (Å²) in [5.74, 6) is -5.48. The molecule has 2 aliphatic heterocycles. The second-order valence-electron chi connectivity index (χ2n) is 5.58. The van der Waals surface area contributed by atoms with Crippen LogP contribution in [0.3, 0.4) is 0 Å². The van der Waals surface area contributed by atoms with Gasteiger partial charge in [-0.25, -0.2) is 0 Å². The number of carbonyl (C=O) groups excluding carboxylic acids is 4. The van der Waals surface area contributed by atoms with E-state index >= 15 is 0 Å². The number of nitrogens with zero attached hydrogens (tertiary/aromatic N) is 1. The number of rotatable bonds is 7. The third-order valence-electron chi connectivity index (χ3n) is 3.80. The van der Waals surface area contributed by atoms with Gasteiger partial charge in [-0.1, -0.05) is 0 Å². The van der Waals surface area contributed by atoms with Gasteiger partial charge >= 0.3 is 41.5 Å². The number of hydroxylamine groups is 2. The maximum absolute atomic E-state index is 12.3. The smallest absolute Gasteiger partial charge is 0.544 e. The molecule has 0 spiro atoms. The zero-order chi connectivity index (χ0) is 18.8. The van der Waals surface area contributed by atoms with Crippen LogP contribution in [0.15, 0.2) is 0 Å². The Balaban J connectivity index is 0.00000338. The number of amides is 2. The van der Waals surface area contributed by atoms with Gasteiger partial charge in [0.25, 0.3) is 11.6 Å². The number of aliphatic carboxylic acids is 2. The molecule has 0 aromatic heterocycles. The Morgan fingerprint density at radius 2 is 2.08 bits per heavy atom. The molecule has 0 radical (unpaired) electrons. The molecule has 0 bridgehead atoms. The SMILES string of the molecule is N[C@H](CCC(=O)N[C@H]1CON(C2(C(=O)[O-])CCC(=O)O2)C1=O)C(=O)O.[Na+]. The third-order valence-corrected chi connectivity index (χ3v) is 3.80. The van der Waals surface area contributed by atoms with Crippen LogP contribution in [-0.2, 0) is 33.5 Å². The molecular formula is C13H16N3NaO9. The second-order valence-corrected chi connectivity index (χ2v) is 5.58. The monoisotopic (exact) mass is 381 g/mol. The van der Waals surface area contributed by atoms with E-state index in [1.54, 1.807) is 0 Å². The van der Waals surface area contributed by atoms with Crippen molar-refractivity contribution in [3.63, 3.8) is 0 Å². The van der Waals surface area contributed by atoms with E-state index in [0.29, 0.717) is 5.06 Å². The predicted octanol–water partition coefficient (Wildman–Crippen LogP) is -6.78. The summed E-state index contributed by atoms with van der Waals surface area (Å²) < 4.78 is 4.71. The molecule has 2 saturated heterocycles. The molecule has 4 N–H and O–H groups in total. The van der Waals surface area contributed by atoms with Crippen LogP contribution in [0.4, 0.5) is 0 Å². The summed E-state index contributed by atoms with van der Waals surface area (Å²) in [5.41, 5.74) is 2.91. The molecule has 0 aromatic carbocycles. The van der Waals surface area contributed by atoms with E-state index in [1.807, 2.05) is 0 Å². The van der Waals surface area contributed by atoms with E-state index < -0.39 is 47.5 Å². The number of cyclic esters (lactones) is 1. The van der Waals surface area contributed by atoms with Gasteiger partial charge in [0.2, 0.25) is 5.91 Å². The van der Waals surface area contributed by atoms with E-state index in [4.69, 9.17) is 20.4 Å². The van der Waals surface area contributed by atoms with Gasteiger partial charge in [-0.2, -0.15) is 5.06 Å².